The number of methoxy groups -OCH3 is 2. The van der Waals surface area contributed by atoms with Crippen molar-refractivity contribution in [2.45, 2.75) is 0 Å². The molecule has 1 N–H and O–H groups in total. The predicted molar refractivity (Wildman–Crippen MR) is 115 cm³/mol. The van der Waals surface area contributed by atoms with Gasteiger partial charge in [-0.25, -0.2) is 4.98 Å². The third kappa shape index (κ3) is 3.60. The van der Waals surface area contributed by atoms with Crippen LogP contribution in [0.15, 0.2) is 77.6 Å². The number of nitrogens with one attached hydrogen (secondary N) is 1. The summed E-state index contributed by atoms with van der Waals surface area (Å²) in [4.78, 5) is 30.7. The molecule has 0 atom stereocenters. The fraction of sp³-hybridized carbons (Fsp3) is 0.0870. The molecule has 7 nitrogen and oxygen atoms in total. The minimum atomic E-state index is -0.444. The van der Waals surface area contributed by atoms with Gasteiger partial charge in [0.1, 0.15) is 11.5 Å². The largest absolute Gasteiger partial charge is 0.497 e. The molecule has 1 aromatic heterocycles. The summed E-state index contributed by atoms with van der Waals surface area (Å²) in [5.41, 5.74) is 3.86. The third-order valence-electron chi connectivity index (χ3n) is 4.67. The molecule has 0 aliphatic rings. The Morgan fingerprint density at radius 1 is 0.900 bits per heavy atom. The molecule has 3 aromatic carbocycles. The SMILES string of the molecule is COc1ccc(C(=O)Nn2c(-c3cccc(OC)c3)nc3ccccc3c2=O)cc1. The first kappa shape index (κ1) is 19.2. The molecule has 0 bridgehead atoms. The van der Waals surface area contributed by atoms with Gasteiger partial charge in [0.25, 0.3) is 11.5 Å². The number of benzene rings is 3. The lowest BCUT2D eigenvalue weighted by molar-refractivity contribution is 0.101. The summed E-state index contributed by atoms with van der Waals surface area (Å²) >= 11 is 0. The summed E-state index contributed by atoms with van der Waals surface area (Å²) in [5, 5.41) is 0.402. The van der Waals surface area contributed by atoms with Crippen molar-refractivity contribution in [2.24, 2.45) is 0 Å². The maximum Gasteiger partial charge on any atom is 0.280 e. The van der Waals surface area contributed by atoms with E-state index in [4.69, 9.17) is 9.47 Å². The lowest BCUT2D eigenvalue weighted by atomic mass is 10.1. The topological polar surface area (TPSA) is 82.4 Å². The van der Waals surface area contributed by atoms with Gasteiger partial charge in [-0.05, 0) is 48.5 Å². The zero-order valence-corrected chi connectivity index (χ0v) is 16.5. The molecular formula is C23H19N3O4. The fourth-order valence-electron chi connectivity index (χ4n) is 3.10. The van der Waals surface area contributed by atoms with Gasteiger partial charge in [0.05, 0.1) is 25.1 Å². The van der Waals surface area contributed by atoms with Crippen molar-refractivity contribution in [3.8, 4) is 22.9 Å². The Morgan fingerprint density at radius 3 is 2.37 bits per heavy atom. The molecule has 0 radical (unpaired) electrons. The van der Waals surface area contributed by atoms with E-state index in [9.17, 15) is 9.59 Å². The van der Waals surface area contributed by atoms with Crippen molar-refractivity contribution in [3.05, 3.63) is 88.7 Å². The highest BCUT2D eigenvalue weighted by molar-refractivity contribution is 6.00. The van der Waals surface area contributed by atoms with Crippen molar-refractivity contribution in [3.63, 3.8) is 0 Å². The van der Waals surface area contributed by atoms with Crippen molar-refractivity contribution < 1.29 is 14.3 Å². The average molecular weight is 401 g/mol. The molecule has 1 heterocycles. The number of nitrogens with zero attached hydrogens (tertiary/aromatic N) is 2. The van der Waals surface area contributed by atoms with Crippen molar-refractivity contribution in [1.29, 1.82) is 0 Å². The molecule has 0 unspecified atom stereocenters. The molecule has 30 heavy (non-hydrogen) atoms. The van der Waals surface area contributed by atoms with Gasteiger partial charge in [-0.1, -0.05) is 24.3 Å². The average Bonchev–Trinajstić information content (AvgIpc) is 2.80. The first-order valence-electron chi connectivity index (χ1n) is 9.22. The summed E-state index contributed by atoms with van der Waals surface area (Å²) in [6, 6.07) is 20.8. The first-order chi connectivity index (χ1) is 14.6. The molecule has 4 rings (SSSR count). The second kappa shape index (κ2) is 8.08. The Labute approximate surface area is 172 Å². The number of amides is 1. The van der Waals surface area contributed by atoms with E-state index in [1.165, 1.54) is 4.68 Å². The van der Waals surface area contributed by atoms with E-state index in [1.807, 2.05) is 6.07 Å². The van der Waals surface area contributed by atoms with Gasteiger partial charge in [0.15, 0.2) is 5.82 Å². The van der Waals surface area contributed by atoms with Gasteiger partial charge in [-0.15, -0.1) is 0 Å². The van der Waals surface area contributed by atoms with Crippen LogP contribution in [0.25, 0.3) is 22.3 Å². The molecule has 0 spiro atoms. The minimum Gasteiger partial charge on any atom is -0.497 e. The second-order valence-electron chi connectivity index (χ2n) is 6.49. The van der Waals surface area contributed by atoms with Gasteiger partial charge in [0, 0.05) is 11.1 Å². The summed E-state index contributed by atoms with van der Waals surface area (Å²) < 4.78 is 11.6. The number of carbonyl (C=O) groups excluding carboxylic acids is 1. The standard InChI is InChI=1S/C23H19N3O4/c1-29-17-12-10-15(11-13-17)22(27)25-26-21(16-6-5-7-18(14-16)30-2)24-20-9-4-3-8-19(20)23(26)28/h3-14H,1-2H3,(H,25,27). The second-order valence-corrected chi connectivity index (χ2v) is 6.49. The number of hydrogen-bond acceptors (Lipinski definition) is 5. The summed E-state index contributed by atoms with van der Waals surface area (Å²) in [6.07, 6.45) is 0. The molecule has 7 heteroatoms. The van der Waals surface area contributed by atoms with E-state index in [0.717, 1.165) is 0 Å². The molecule has 4 aromatic rings. The molecule has 0 fully saturated rings. The Morgan fingerprint density at radius 2 is 1.63 bits per heavy atom. The van der Waals surface area contributed by atoms with Crippen LogP contribution in [0.3, 0.4) is 0 Å². The summed E-state index contributed by atoms with van der Waals surface area (Å²) in [5.74, 6) is 1.11. The Bertz CT molecular complexity index is 1280. The van der Waals surface area contributed by atoms with E-state index >= 15 is 0 Å². The van der Waals surface area contributed by atoms with Crippen LogP contribution in [-0.4, -0.2) is 29.8 Å². The number of rotatable bonds is 5. The zero-order chi connectivity index (χ0) is 21.1. The maximum absolute atomic E-state index is 13.2. The number of aromatic nitrogens is 2. The minimum absolute atomic E-state index is 0.305. The number of hydrogen-bond donors (Lipinski definition) is 1. The lowest BCUT2D eigenvalue weighted by Gasteiger charge is -2.15. The molecular weight excluding hydrogens is 382 g/mol. The van der Waals surface area contributed by atoms with Gasteiger partial charge in [-0.3, -0.25) is 15.0 Å². The van der Waals surface area contributed by atoms with E-state index in [1.54, 1.807) is 80.9 Å². The van der Waals surface area contributed by atoms with Gasteiger partial charge in [-0.2, -0.15) is 4.68 Å². The highest BCUT2D eigenvalue weighted by Gasteiger charge is 2.16. The Hall–Kier alpha value is -4.13. The van der Waals surface area contributed by atoms with Crippen molar-refractivity contribution >= 4 is 16.8 Å². The monoisotopic (exact) mass is 401 g/mol. The first-order valence-corrected chi connectivity index (χ1v) is 9.22. The van der Waals surface area contributed by atoms with E-state index in [-0.39, 0.29) is 5.56 Å². The smallest absolute Gasteiger partial charge is 0.280 e. The highest BCUT2D eigenvalue weighted by Crippen LogP contribution is 2.23. The quantitative estimate of drug-likeness (QED) is 0.554. The third-order valence-corrected chi connectivity index (χ3v) is 4.67. The molecule has 150 valence electrons. The normalized spacial score (nSPS) is 10.6. The van der Waals surface area contributed by atoms with Gasteiger partial charge in [0.2, 0.25) is 0 Å². The van der Waals surface area contributed by atoms with Gasteiger partial charge >= 0.3 is 0 Å². The van der Waals surface area contributed by atoms with E-state index < -0.39 is 5.91 Å². The predicted octanol–water partition coefficient (Wildman–Crippen LogP) is 3.46. The molecule has 1 amide bonds. The maximum atomic E-state index is 13.2. The van der Waals surface area contributed by atoms with Crippen LogP contribution < -0.4 is 20.5 Å². The van der Waals surface area contributed by atoms with Crippen LogP contribution in [-0.2, 0) is 0 Å². The molecule has 0 saturated heterocycles. The van der Waals surface area contributed by atoms with Crippen molar-refractivity contribution in [1.82, 2.24) is 9.66 Å². The Kier molecular flexibility index (Phi) is 5.17. The van der Waals surface area contributed by atoms with Gasteiger partial charge < -0.3 is 9.47 Å². The zero-order valence-electron chi connectivity index (χ0n) is 16.5. The number of para-hydroxylation sites is 1. The number of fused-ring (bicyclic) bond motifs is 1. The lowest BCUT2D eigenvalue weighted by Crippen LogP contribution is -2.35. The molecule has 0 saturated carbocycles. The highest BCUT2D eigenvalue weighted by atomic mass is 16.5. The fourth-order valence-corrected chi connectivity index (χ4v) is 3.10. The van der Waals surface area contributed by atoms with Crippen LogP contribution in [0.2, 0.25) is 0 Å². The van der Waals surface area contributed by atoms with Crippen LogP contribution >= 0.6 is 0 Å². The molecule has 0 aliphatic carbocycles. The number of carbonyl (C=O) groups is 1. The van der Waals surface area contributed by atoms with Crippen LogP contribution in [0, 0.1) is 0 Å². The van der Waals surface area contributed by atoms with Crippen LogP contribution in [0.1, 0.15) is 10.4 Å². The summed E-state index contributed by atoms with van der Waals surface area (Å²) in [6.45, 7) is 0. The Balaban J connectivity index is 1.85. The number of ether oxygens (including phenoxy) is 2. The molecule has 0 aliphatic heterocycles. The van der Waals surface area contributed by atoms with Crippen LogP contribution in [0.4, 0.5) is 0 Å². The van der Waals surface area contributed by atoms with Crippen LogP contribution in [0.5, 0.6) is 11.5 Å². The van der Waals surface area contributed by atoms with Crippen molar-refractivity contribution in [2.75, 3.05) is 19.6 Å². The van der Waals surface area contributed by atoms with E-state index in [0.29, 0.717) is 39.4 Å². The van der Waals surface area contributed by atoms with E-state index in [2.05, 4.69) is 10.4 Å². The summed E-state index contributed by atoms with van der Waals surface area (Å²) in [7, 11) is 3.11.